The molecule has 0 saturated heterocycles. The Bertz CT molecular complexity index is 2440. The highest BCUT2D eigenvalue weighted by Gasteiger charge is 2.14. The minimum absolute atomic E-state index is 0.0733. The number of aldehydes is 2. The third-order valence-electron chi connectivity index (χ3n) is 9.28. The Morgan fingerprint density at radius 2 is 0.721 bits per heavy atom. The van der Waals surface area contributed by atoms with Gasteiger partial charge in [-0.05, 0) is 173 Å². The average Bonchev–Trinajstić information content (AvgIpc) is 3.30. The fourth-order valence-corrected chi connectivity index (χ4v) is 7.83. The molecule has 6 aromatic rings. The van der Waals surface area contributed by atoms with E-state index < -0.39 is 5.97 Å². The zero-order valence-corrected chi connectivity index (χ0v) is 48.8. The molecule has 5 nitrogen and oxygen atoms in total. The minimum atomic E-state index is -1.06. The Labute approximate surface area is 468 Å². The summed E-state index contributed by atoms with van der Waals surface area (Å²) in [6.45, 7) is 17.2. The quantitative estimate of drug-likeness (QED) is 0.136. The first-order chi connectivity index (χ1) is 31.9. The van der Waals surface area contributed by atoms with E-state index in [1.807, 2.05) is 45.0 Å². The number of carboxylic acids is 1. The number of alkyl halides is 1. The Morgan fingerprint density at radius 3 is 0.971 bits per heavy atom. The van der Waals surface area contributed by atoms with Crippen LogP contribution in [0.25, 0.3) is 0 Å². The van der Waals surface area contributed by atoms with Crippen LogP contribution in [0.1, 0.15) is 88.1 Å². The van der Waals surface area contributed by atoms with E-state index in [1.165, 1.54) is 17.2 Å². The van der Waals surface area contributed by atoms with Crippen LogP contribution in [0, 0.1) is 55.4 Å². The van der Waals surface area contributed by atoms with E-state index in [-0.39, 0.29) is 17.2 Å². The van der Waals surface area contributed by atoms with Crippen LogP contribution in [0.2, 0.25) is 50.2 Å². The topological polar surface area (TPSA) is 91.7 Å². The molecule has 6 aromatic carbocycles. The van der Waals surface area contributed by atoms with Crippen molar-refractivity contribution in [2.24, 2.45) is 0 Å². The minimum Gasteiger partial charge on any atom is -0.478 e. The normalized spacial score (nSPS) is 9.46. The maximum atomic E-state index is 10.7. The molecule has 0 aliphatic heterocycles. The summed E-state index contributed by atoms with van der Waals surface area (Å²) in [5.41, 5.74) is 9.96. The van der Waals surface area contributed by atoms with Crippen molar-refractivity contribution in [2.75, 3.05) is 6.61 Å². The standard InChI is InChI=1S/C8H7BrCl2.C8H6Cl2O2.2C8H6Cl2O.C8H8Cl2.C8H10.C2H6O.Cl2/c1-5-6(4-9)8(11)3-2-7(5)10;1-4-5(9)2-3-6(10)7(4)8(11)12;2*1-5-6(4-11)8(10)3-2-7(5)9;1-5-6(2)8(10)4-3-7(5)9;1-7-5-3-4-6-8(7)2;1-2-3;1-2/h2-3H,4H2,1H3;2-3H,1H3,(H,11,12);2*2-4H,1H3;3-4H,1-2H3;3-6H,1-2H3;3H,2H2,1H3;. The van der Waals surface area contributed by atoms with Crippen molar-refractivity contribution < 1.29 is 24.6 Å². The number of carbonyl (C=O) groups is 3. The second kappa shape index (κ2) is 36.9. The van der Waals surface area contributed by atoms with Crippen molar-refractivity contribution in [1.29, 1.82) is 0 Å². The summed E-state index contributed by atoms with van der Waals surface area (Å²) in [6.07, 6.45) is 1.42. The summed E-state index contributed by atoms with van der Waals surface area (Å²) in [5, 5.41) is 22.8. The van der Waals surface area contributed by atoms with Crippen molar-refractivity contribution in [3.8, 4) is 0 Å². The zero-order valence-electron chi connectivity index (χ0n) is 38.2. The van der Waals surface area contributed by atoms with E-state index in [2.05, 4.69) is 75.8 Å². The Morgan fingerprint density at radius 1 is 0.456 bits per heavy atom. The number of aromatic carboxylic acids is 1. The molecular weight excluding hydrogens is 1190 g/mol. The summed E-state index contributed by atoms with van der Waals surface area (Å²) in [4.78, 5) is 31.6. The SMILES string of the molecule is CCO.Cc1c(Cl)ccc(Cl)c1C.Cc1c(Cl)ccc(Cl)c1C(=O)O.Cc1c(Cl)ccc(Cl)c1C=O.Cc1c(Cl)ccc(Cl)c1C=O.Cc1c(Cl)ccc(Cl)c1CBr.Cc1ccccc1C.ClCl. The number of aryl methyl sites for hydroxylation is 2. The molecular formula is C50H49BrCl12O5. The van der Waals surface area contributed by atoms with Gasteiger partial charge in [-0.2, -0.15) is 0 Å². The van der Waals surface area contributed by atoms with Crippen LogP contribution in [0.5, 0.6) is 0 Å². The molecule has 0 bridgehead atoms. The smallest absolute Gasteiger partial charge is 0.337 e. The van der Waals surface area contributed by atoms with Crippen LogP contribution in [-0.2, 0) is 5.33 Å². The highest BCUT2D eigenvalue weighted by Crippen LogP contribution is 2.29. The van der Waals surface area contributed by atoms with Crippen LogP contribution in [0.3, 0.4) is 0 Å². The van der Waals surface area contributed by atoms with Gasteiger partial charge in [-0.15, -0.1) is 0 Å². The van der Waals surface area contributed by atoms with Gasteiger partial charge >= 0.3 is 5.97 Å². The molecule has 18 heteroatoms. The van der Waals surface area contributed by atoms with Gasteiger partial charge in [0.2, 0.25) is 0 Å². The number of halogens is 13. The summed E-state index contributed by atoms with van der Waals surface area (Å²) >= 11 is 61.1. The second-order valence-corrected chi connectivity index (χ2v) is 18.3. The maximum absolute atomic E-state index is 10.7. The lowest BCUT2D eigenvalue weighted by molar-refractivity contribution is 0.0696. The molecule has 0 unspecified atom stereocenters. The predicted octanol–water partition coefficient (Wildman–Crippen LogP) is 20.7. The van der Waals surface area contributed by atoms with Gasteiger partial charge in [0.15, 0.2) is 12.6 Å². The highest BCUT2D eigenvalue weighted by molar-refractivity contribution is 9.08. The fourth-order valence-electron chi connectivity index (χ4n) is 4.82. The largest absolute Gasteiger partial charge is 0.478 e. The molecule has 0 aliphatic rings. The molecule has 0 aliphatic carbocycles. The van der Waals surface area contributed by atoms with E-state index in [1.54, 1.807) is 58.0 Å². The number of aliphatic hydroxyl groups is 1. The van der Waals surface area contributed by atoms with Crippen LogP contribution >= 0.6 is 154 Å². The molecule has 0 saturated carbocycles. The van der Waals surface area contributed by atoms with Gasteiger partial charge in [-0.1, -0.05) is 156 Å². The van der Waals surface area contributed by atoms with Crippen LogP contribution in [-0.4, -0.2) is 35.4 Å². The summed E-state index contributed by atoms with van der Waals surface area (Å²) in [6, 6.07) is 25.2. The Kier molecular flexibility index (Phi) is 37.0. The number of benzene rings is 6. The van der Waals surface area contributed by atoms with Gasteiger partial charge in [-0.25, -0.2) is 4.79 Å². The van der Waals surface area contributed by atoms with Crippen molar-refractivity contribution in [3.05, 3.63) is 202 Å². The average molecular weight is 1240 g/mol. The molecule has 6 rings (SSSR count). The lowest BCUT2D eigenvalue weighted by Crippen LogP contribution is -2.00. The molecule has 370 valence electrons. The van der Waals surface area contributed by atoms with E-state index >= 15 is 0 Å². The fraction of sp³-hybridized carbons (Fsp3) is 0.220. The van der Waals surface area contributed by atoms with Crippen molar-refractivity contribution in [1.82, 2.24) is 0 Å². The van der Waals surface area contributed by atoms with Crippen molar-refractivity contribution >= 4 is 172 Å². The van der Waals surface area contributed by atoms with E-state index in [9.17, 15) is 14.4 Å². The first-order valence-corrected chi connectivity index (χ1v) is 25.6. The van der Waals surface area contributed by atoms with E-state index in [0.29, 0.717) is 54.4 Å². The number of hydrogen-bond donors (Lipinski definition) is 2. The number of hydrogen-bond acceptors (Lipinski definition) is 4. The first kappa shape index (κ1) is 68.1. The van der Waals surface area contributed by atoms with Gasteiger partial charge in [0.1, 0.15) is 0 Å². The van der Waals surface area contributed by atoms with Crippen molar-refractivity contribution in [3.63, 3.8) is 0 Å². The molecule has 0 spiro atoms. The highest BCUT2D eigenvalue weighted by atomic mass is 79.9. The summed E-state index contributed by atoms with van der Waals surface area (Å²) in [5.74, 6) is -1.06. The van der Waals surface area contributed by atoms with Gasteiger partial charge in [0.05, 0.1) is 20.6 Å². The van der Waals surface area contributed by atoms with Gasteiger partial charge in [0.25, 0.3) is 0 Å². The van der Waals surface area contributed by atoms with Crippen LogP contribution < -0.4 is 0 Å². The van der Waals surface area contributed by atoms with Crippen LogP contribution in [0.15, 0.2) is 84.9 Å². The molecule has 0 amide bonds. The molecule has 2 N–H and O–H groups in total. The lowest BCUT2D eigenvalue weighted by atomic mass is 10.1. The summed E-state index contributed by atoms with van der Waals surface area (Å²) < 4.78 is 0. The monoisotopic (exact) mass is 1230 g/mol. The molecule has 68 heavy (non-hydrogen) atoms. The first-order valence-electron chi connectivity index (χ1n) is 19.5. The third-order valence-corrected chi connectivity index (χ3v) is 13.6. The summed E-state index contributed by atoms with van der Waals surface area (Å²) in [7, 11) is 8.22. The van der Waals surface area contributed by atoms with E-state index in [4.69, 9.17) is 126 Å². The molecule has 0 fully saturated rings. The number of carbonyl (C=O) groups excluding carboxylic acids is 2. The van der Waals surface area contributed by atoms with Crippen molar-refractivity contribution in [2.45, 2.75) is 67.6 Å². The predicted molar refractivity (Wildman–Crippen MR) is 301 cm³/mol. The van der Waals surface area contributed by atoms with Gasteiger partial charge in [-0.3, -0.25) is 9.59 Å². The number of carboxylic acid groups (broad SMARTS) is 1. The van der Waals surface area contributed by atoms with Gasteiger partial charge < -0.3 is 10.2 Å². The lowest BCUT2D eigenvalue weighted by Gasteiger charge is -2.05. The zero-order chi connectivity index (χ0) is 53.0. The van der Waals surface area contributed by atoms with Gasteiger partial charge in [0, 0.05) is 79.9 Å². The molecule has 0 aromatic heterocycles. The Hall–Kier alpha value is -1.95. The molecule has 0 atom stereocenters. The maximum Gasteiger partial charge on any atom is 0.337 e. The van der Waals surface area contributed by atoms with Crippen LogP contribution in [0.4, 0.5) is 0 Å². The van der Waals surface area contributed by atoms with E-state index in [0.717, 1.165) is 58.8 Å². The molecule has 0 heterocycles. The number of aliphatic hydroxyl groups excluding tert-OH is 1. The number of rotatable bonds is 4. The Balaban J connectivity index is 0. The third kappa shape index (κ3) is 23.5. The second-order valence-electron chi connectivity index (χ2n) is 13.7. The molecule has 0 radical (unpaired) electrons.